The van der Waals surface area contributed by atoms with Crippen LogP contribution in [0.3, 0.4) is 0 Å². The van der Waals surface area contributed by atoms with E-state index in [-0.39, 0.29) is 0 Å². The molecule has 102 valence electrons. The van der Waals surface area contributed by atoms with Gasteiger partial charge in [0.25, 0.3) is 0 Å². The minimum absolute atomic E-state index is 0.502. The lowest BCUT2D eigenvalue weighted by Crippen LogP contribution is -1.89. The molecule has 0 atom stereocenters. The highest BCUT2D eigenvalue weighted by molar-refractivity contribution is 5.88. The number of rotatable bonds is 2. The van der Waals surface area contributed by atoms with E-state index < -0.39 is 0 Å². The Morgan fingerprint density at radius 3 is 2.40 bits per heavy atom. The van der Waals surface area contributed by atoms with Gasteiger partial charge in [-0.2, -0.15) is 5.10 Å². The Bertz CT molecular complexity index is 751. The van der Waals surface area contributed by atoms with Crippen LogP contribution >= 0.6 is 0 Å². The van der Waals surface area contributed by atoms with Crippen molar-refractivity contribution in [3.05, 3.63) is 47.4 Å². The molecule has 0 aliphatic rings. The minimum Gasteiger partial charge on any atom is -0.466 e. The third-order valence-electron chi connectivity index (χ3n) is 3.44. The first-order valence-corrected chi connectivity index (χ1v) is 6.54. The fourth-order valence-corrected chi connectivity index (χ4v) is 2.44. The molecule has 0 aliphatic carbocycles. The predicted molar refractivity (Wildman–Crippen MR) is 80.3 cm³/mol. The normalized spacial score (nSPS) is 10.9. The average Bonchev–Trinajstić information content (AvgIpc) is 2.93. The van der Waals surface area contributed by atoms with E-state index in [2.05, 4.69) is 41.4 Å². The number of benzene rings is 1. The summed E-state index contributed by atoms with van der Waals surface area (Å²) >= 11 is 0. The number of nitrogens with zero attached hydrogens (tertiary/aromatic N) is 1. The molecule has 0 bridgehead atoms. The summed E-state index contributed by atoms with van der Waals surface area (Å²) in [5.41, 5.74) is 11.1. The van der Waals surface area contributed by atoms with E-state index in [4.69, 9.17) is 10.2 Å². The Morgan fingerprint density at radius 2 is 1.80 bits per heavy atom. The fourth-order valence-electron chi connectivity index (χ4n) is 2.44. The van der Waals surface area contributed by atoms with Crippen molar-refractivity contribution in [1.82, 2.24) is 10.2 Å². The molecule has 0 amide bonds. The molecular weight excluding hydrogens is 250 g/mol. The van der Waals surface area contributed by atoms with E-state index in [1.807, 2.05) is 19.9 Å². The van der Waals surface area contributed by atoms with Gasteiger partial charge in [0.05, 0.1) is 11.3 Å². The van der Waals surface area contributed by atoms with Crippen molar-refractivity contribution < 1.29 is 4.42 Å². The topological polar surface area (TPSA) is 67.8 Å². The maximum Gasteiger partial charge on any atom is 0.153 e. The first-order valence-electron chi connectivity index (χ1n) is 6.54. The number of nitrogens with one attached hydrogen (secondary N) is 1. The number of hydrogen-bond acceptors (Lipinski definition) is 3. The van der Waals surface area contributed by atoms with E-state index in [1.54, 1.807) is 0 Å². The summed E-state index contributed by atoms with van der Waals surface area (Å²) in [7, 11) is 0. The molecular formula is C16H17N3O. The van der Waals surface area contributed by atoms with Crippen LogP contribution in [0, 0.1) is 20.8 Å². The average molecular weight is 267 g/mol. The second-order valence-corrected chi connectivity index (χ2v) is 5.05. The quantitative estimate of drug-likeness (QED) is 0.741. The van der Waals surface area contributed by atoms with Crippen molar-refractivity contribution in [2.75, 3.05) is 5.73 Å². The van der Waals surface area contributed by atoms with E-state index in [0.29, 0.717) is 5.82 Å². The van der Waals surface area contributed by atoms with Gasteiger partial charge in [-0.05, 0) is 32.4 Å². The molecule has 3 aromatic rings. The van der Waals surface area contributed by atoms with Crippen molar-refractivity contribution >= 4 is 5.82 Å². The van der Waals surface area contributed by atoms with Crippen molar-refractivity contribution in [1.29, 1.82) is 0 Å². The van der Waals surface area contributed by atoms with Crippen LogP contribution in [-0.4, -0.2) is 10.2 Å². The molecule has 3 N–H and O–H groups in total. The Morgan fingerprint density at radius 1 is 1.10 bits per heavy atom. The van der Waals surface area contributed by atoms with Gasteiger partial charge in [0.15, 0.2) is 5.82 Å². The lowest BCUT2D eigenvalue weighted by atomic mass is 10.00. The standard InChI is InChI=1S/C16H17N3O/c1-9-4-6-12(7-5-9)14-15(18-19-16(14)17)13-8-10(2)20-11(13)3/h4-8H,1-3H3,(H3,17,18,19). The molecule has 0 radical (unpaired) electrons. The van der Waals surface area contributed by atoms with Gasteiger partial charge < -0.3 is 10.2 Å². The lowest BCUT2D eigenvalue weighted by Gasteiger charge is -2.04. The summed E-state index contributed by atoms with van der Waals surface area (Å²) in [5.74, 6) is 2.24. The number of nitrogens with two attached hydrogens (primary N) is 1. The van der Waals surface area contributed by atoms with Gasteiger partial charge in [0, 0.05) is 5.56 Å². The summed E-state index contributed by atoms with van der Waals surface area (Å²) in [6, 6.07) is 10.3. The van der Waals surface area contributed by atoms with E-state index in [9.17, 15) is 0 Å². The summed E-state index contributed by atoms with van der Waals surface area (Å²) in [5, 5.41) is 7.18. The largest absolute Gasteiger partial charge is 0.466 e. The van der Waals surface area contributed by atoms with Gasteiger partial charge in [-0.1, -0.05) is 29.8 Å². The van der Waals surface area contributed by atoms with Crippen LogP contribution in [0.4, 0.5) is 5.82 Å². The molecule has 0 unspecified atom stereocenters. The molecule has 0 spiro atoms. The van der Waals surface area contributed by atoms with Crippen LogP contribution in [0.1, 0.15) is 17.1 Å². The van der Waals surface area contributed by atoms with Gasteiger partial charge in [-0.25, -0.2) is 0 Å². The maximum absolute atomic E-state index is 6.03. The predicted octanol–water partition coefficient (Wildman–Crippen LogP) is 3.84. The second kappa shape index (κ2) is 4.56. The number of hydrogen-bond donors (Lipinski definition) is 2. The summed E-state index contributed by atoms with van der Waals surface area (Å²) in [4.78, 5) is 0. The van der Waals surface area contributed by atoms with E-state index >= 15 is 0 Å². The van der Waals surface area contributed by atoms with Crippen molar-refractivity contribution in [3.63, 3.8) is 0 Å². The SMILES string of the molecule is Cc1ccc(-c2c(N)n[nH]c2-c2cc(C)oc2C)cc1. The first-order chi connectivity index (χ1) is 9.56. The number of furan rings is 1. The third-order valence-corrected chi connectivity index (χ3v) is 3.44. The van der Waals surface area contributed by atoms with Gasteiger partial charge in [-0.3, -0.25) is 5.10 Å². The van der Waals surface area contributed by atoms with E-state index in [1.165, 1.54) is 5.56 Å². The molecule has 2 heterocycles. The summed E-state index contributed by atoms with van der Waals surface area (Å²) in [6.07, 6.45) is 0. The highest BCUT2D eigenvalue weighted by Gasteiger charge is 2.18. The Balaban J connectivity index is 2.19. The Hall–Kier alpha value is -2.49. The van der Waals surface area contributed by atoms with Crippen molar-refractivity contribution in [2.24, 2.45) is 0 Å². The van der Waals surface area contributed by atoms with Crippen molar-refractivity contribution in [3.8, 4) is 22.4 Å². The number of H-pyrrole nitrogens is 1. The highest BCUT2D eigenvalue weighted by atomic mass is 16.3. The number of nitrogen functional groups attached to an aromatic ring is 1. The Kier molecular flexibility index (Phi) is 2.86. The molecule has 1 aromatic carbocycles. The van der Waals surface area contributed by atoms with Gasteiger partial charge in [0.2, 0.25) is 0 Å². The molecule has 0 fully saturated rings. The van der Waals surface area contributed by atoms with Crippen molar-refractivity contribution in [2.45, 2.75) is 20.8 Å². The Labute approximate surface area is 117 Å². The van der Waals surface area contributed by atoms with E-state index in [0.717, 1.165) is 33.9 Å². The number of anilines is 1. The molecule has 20 heavy (non-hydrogen) atoms. The lowest BCUT2D eigenvalue weighted by molar-refractivity contribution is 0.505. The van der Waals surface area contributed by atoms with Gasteiger partial charge >= 0.3 is 0 Å². The fraction of sp³-hybridized carbons (Fsp3) is 0.188. The van der Waals surface area contributed by atoms with Gasteiger partial charge in [-0.15, -0.1) is 0 Å². The zero-order valence-electron chi connectivity index (χ0n) is 11.8. The van der Waals surface area contributed by atoms with Crippen LogP contribution < -0.4 is 5.73 Å². The highest BCUT2D eigenvalue weighted by Crippen LogP contribution is 2.37. The molecule has 4 heteroatoms. The summed E-state index contributed by atoms with van der Waals surface area (Å²) in [6.45, 7) is 5.94. The van der Waals surface area contributed by atoms with Gasteiger partial charge in [0.1, 0.15) is 11.5 Å². The zero-order chi connectivity index (χ0) is 14.3. The molecule has 0 aliphatic heterocycles. The number of aryl methyl sites for hydroxylation is 3. The summed E-state index contributed by atoms with van der Waals surface area (Å²) < 4.78 is 5.60. The van der Waals surface area contributed by atoms with Crippen LogP contribution in [-0.2, 0) is 0 Å². The second-order valence-electron chi connectivity index (χ2n) is 5.05. The first kappa shape index (κ1) is 12.5. The van der Waals surface area contributed by atoms with Crippen LogP contribution in [0.2, 0.25) is 0 Å². The van der Waals surface area contributed by atoms with Crippen LogP contribution in [0.15, 0.2) is 34.7 Å². The molecule has 0 saturated carbocycles. The molecule has 3 rings (SSSR count). The smallest absolute Gasteiger partial charge is 0.153 e. The molecule has 2 aromatic heterocycles. The minimum atomic E-state index is 0.502. The third kappa shape index (κ3) is 1.99. The zero-order valence-corrected chi connectivity index (χ0v) is 11.8. The molecule has 0 saturated heterocycles. The number of aromatic nitrogens is 2. The number of aromatic amines is 1. The molecule has 4 nitrogen and oxygen atoms in total. The van der Waals surface area contributed by atoms with Crippen LogP contribution in [0.5, 0.6) is 0 Å². The maximum atomic E-state index is 6.03. The van der Waals surface area contributed by atoms with Crippen LogP contribution in [0.25, 0.3) is 22.4 Å². The monoisotopic (exact) mass is 267 g/mol.